The van der Waals surface area contributed by atoms with Crippen LogP contribution in [0.4, 0.5) is 0 Å². The fraction of sp³-hybridized carbons (Fsp3) is 0.619. The molecule has 0 bridgehead atoms. The minimum Gasteiger partial charge on any atom is -0.452 e. The van der Waals surface area contributed by atoms with Crippen molar-refractivity contribution in [2.75, 3.05) is 18.1 Å². The third-order valence-corrected chi connectivity index (χ3v) is 7.05. The smallest absolute Gasteiger partial charge is 0.338 e. The van der Waals surface area contributed by atoms with Crippen molar-refractivity contribution in [2.45, 2.75) is 57.6 Å². The van der Waals surface area contributed by atoms with Crippen LogP contribution in [0.5, 0.6) is 0 Å². The van der Waals surface area contributed by atoms with Crippen LogP contribution >= 0.6 is 23.5 Å². The molecule has 0 aliphatic carbocycles. The SMILES string of the molecule is CC(C)(C)CC(C)(C)NC(=O)COC(=O)c1ccc(C2SCCCS2)cc1. The van der Waals surface area contributed by atoms with Crippen molar-refractivity contribution in [1.82, 2.24) is 5.32 Å². The normalized spacial score (nSPS) is 16.0. The van der Waals surface area contributed by atoms with Gasteiger partial charge in [-0.2, -0.15) is 0 Å². The molecule has 4 nitrogen and oxygen atoms in total. The van der Waals surface area contributed by atoms with Gasteiger partial charge in [0.25, 0.3) is 5.91 Å². The zero-order valence-electron chi connectivity index (χ0n) is 17.0. The number of carbonyl (C=O) groups is 2. The van der Waals surface area contributed by atoms with Crippen LogP contribution < -0.4 is 5.32 Å². The van der Waals surface area contributed by atoms with Gasteiger partial charge in [-0.25, -0.2) is 4.79 Å². The van der Waals surface area contributed by atoms with Crippen LogP contribution in [-0.2, 0) is 9.53 Å². The van der Waals surface area contributed by atoms with Gasteiger partial charge in [-0.3, -0.25) is 4.79 Å². The molecule has 150 valence electrons. The van der Waals surface area contributed by atoms with E-state index >= 15 is 0 Å². The largest absolute Gasteiger partial charge is 0.452 e. The Hall–Kier alpha value is -1.14. The third-order valence-electron chi connectivity index (χ3n) is 4.03. The quantitative estimate of drug-likeness (QED) is 0.667. The van der Waals surface area contributed by atoms with Gasteiger partial charge in [0.15, 0.2) is 6.61 Å². The fourth-order valence-electron chi connectivity index (χ4n) is 3.45. The number of esters is 1. The van der Waals surface area contributed by atoms with Crippen molar-refractivity contribution in [3.8, 4) is 0 Å². The summed E-state index contributed by atoms with van der Waals surface area (Å²) < 4.78 is 5.63. The van der Waals surface area contributed by atoms with Crippen LogP contribution in [0, 0.1) is 5.41 Å². The highest BCUT2D eigenvalue weighted by Gasteiger charge is 2.27. The Morgan fingerprint density at radius 3 is 2.22 bits per heavy atom. The molecule has 1 aliphatic heterocycles. The summed E-state index contributed by atoms with van der Waals surface area (Å²) in [7, 11) is 0. The monoisotopic (exact) mass is 409 g/mol. The maximum absolute atomic E-state index is 12.2. The van der Waals surface area contributed by atoms with Crippen molar-refractivity contribution >= 4 is 35.4 Å². The van der Waals surface area contributed by atoms with Crippen LogP contribution in [0.2, 0.25) is 0 Å². The highest BCUT2D eigenvalue weighted by atomic mass is 32.2. The zero-order valence-corrected chi connectivity index (χ0v) is 18.6. The fourth-order valence-corrected chi connectivity index (χ4v) is 6.35. The molecule has 0 atom stereocenters. The predicted molar refractivity (Wildman–Crippen MR) is 115 cm³/mol. The van der Waals surface area contributed by atoms with E-state index in [0.717, 1.165) is 6.42 Å². The van der Waals surface area contributed by atoms with Gasteiger partial charge in [0.05, 0.1) is 10.1 Å². The molecule has 0 radical (unpaired) electrons. The van der Waals surface area contributed by atoms with Crippen molar-refractivity contribution in [1.29, 1.82) is 0 Å². The van der Waals surface area contributed by atoms with Gasteiger partial charge in [0, 0.05) is 5.54 Å². The number of rotatable bonds is 6. The molecule has 2 rings (SSSR count). The summed E-state index contributed by atoms with van der Waals surface area (Å²) >= 11 is 3.90. The molecule has 6 heteroatoms. The Kier molecular flexibility index (Phi) is 7.69. The predicted octanol–water partition coefficient (Wildman–Crippen LogP) is 5.04. The zero-order chi connectivity index (χ0) is 20.1. The minimum atomic E-state index is -0.464. The van der Waals surface area contributed by atoms with Crippen molar-refractivity contribution in [3.63, 3.8) is 0 Å². The number of benzene rings is 1. The number of ether oxygens (including phenoxy) is 1. The first-order chi connectivity index (χ1) is 12.6. The number of carbonyl (C=O) groups excluding carboxylic acids is 2. The lowest BCUT2D eigenvalue weighted by molar-refractivity contribution is -0.126. The second-order valence-corrected chi connectivity index (χ2v) is 11.5. The number of thioether (sulfide) groups is 2. The number of hydrogen-bond acceptors (Lipinski definition) is 5. The second-order valence-electron chi connectivity index (χ2n) is 8.79. The minimum absolute atomic E-state index is 0.101. The number of amides is 1. The van der Waals surface area contributed by atoms with E-state index in [4.69, 9.17) is 4.74 Å². The lowest BCUT2D eigenvalue weighted by Gasteiger charge is -2.33. The van der Waals surface area contributed by atoms with Gasteiger partial charge < -0.3 is 10.1 Å². The molecule has 1 aromatic carbocycles. The first-order valence-electron chi connectivity index (χ1n) is 9.37. The Balaban J connectivity index is 1.83. The summed E-state index contributed by atoms with van der Waals surface area (Å²) in [5, 5.41) is 2.95. The molecule has 1 heterocycles. The topological polar surface area (TPSA) is 55.4 Å². The van der Waals surface area contributed by atoms with E-state index in [-0.39, 0.29) is 23.5 Å². The molecule has 1 saturated heterocycles. The number of hydrogen-bond donors (Lipinski definition) is 1. The Bertz CT molecular complexity index is 644. The first-order valence-corrected chi connectivity index (χ1v) is 11.5. The summed E-state index contributed by atoms with van der Waals surface area (Å²) in [6, 6.07) is 7.54. The maximum Gasteiger partial charge on any atom is 0.338 e. The van der Waals surface area contributed by atoms with Crippen LogP contribution in [0.3, 0.4) is 0 Å². The Morgan fingerprint density at radius 2 is 1.67 bits per heavy atom. The summed E-state index contributed by atoms with van der Waals surface area (Å²) in [5.74, 6) is 1.63. The van der Waals surface area contributed by atoms with Crippen molar-refractivity contribution < 1.29 is 14.3 Å². The highest BCUT2D eigenvalue weighted by molar-refractivity contribution is 8.16. The standard InChI is InChI=1S/C21H31NO3S2/c1-20(2,3)14-21(4,5)22-17(23)13-25-18(24)15-7-9-16(10-8-15)19-26-11-6-12-27-19/h7-10,19H,6,11-14H2,1-5H3,(H,22,23). The van der Waals surface area contributed by atoms with Gasteiger partial charge in [-0.1, -0.05) is 32.9 Å². The molecule has 0 saturated carbocycles. The summed E-state index contributed by atoms with van der Waals surface area (Å²) in [6.07, 6.45) is 2.09. The molecule has 0 unspecified atom stereocenters. The molecule has 27 heavy (non-hydrogen) atoms. The molecule has 1 aromatic rings. The Labute approximate surface area is 171 Å². The van der Waals surface area contributed by atoms with Crippen LogP contribution in [0.25, 0.3) is 0 Å². The average molecular weight is 410 g/mol. The van der Waals surface area contributed by atoms with Gasteiger partial charge in [-0.15, -0.1) is 23.5 Å². The summed E-state index contributed by atoms with van der Waals surface area (Å²) in [5.41, 5.74) is 1.46. The molecule has 0 spiro atoms. The van der Waals surface area contributed by atoms with Crippen LogP contribution in [0.1, 0.15) is 68.0 Å². The summed E-state index contributed by atoms with van der Waals surface area (Å²) in [6.45, 7) is 10.1. The molecule has 1 N–H and O–H groups in total. The van der Waals surface area contributed by atoms with E-state index < -0.39 is 5.97 Å². The van der Waals surface area contributed by atoms with E-state index in [2.05, 4.69) is 26.1 Å². The van der Waals surface area contributed by atoms with Gasteiger partial charge >= 0.3 is 5.97 Å². The van der Waals surface area contributed by atoms with E-state index in [9.17, 15) is 9.59 Å². The van der Waals surface area contributed by atoms with Crippen molar-refractivity contribution in [2.24, 2.45) is 5.41 Å². The average Bonchev–Trinajstić information content (AvgIpc) is 2.58. The lowest BCUT2D eigenvalue weighted by Crippen LogP contribution is -2.47. The molecule has 1 fully saturated rings. The maximum atomic E-state index is 12.2. The van der Waals surface area contributed by atoms with E-state index in [1.54, 1.807) is 12.1 Å². The molecule has 1 aliphatic rings. The lowest BCUT2D eigenvalue weighted by atomic mass is 9.82. The second kappa shape index (κ2) is 9.37. The Morgan fingerprint density at radius 1 is 1.07 bits per heavy atom. The van der Waals surface area contributed by atoms with Crippen molar-refractivity contribution in [3.05, 3.63) is 35.4 Å². The van der Waals surface area contributed by atoms with Crippen LogP contribution in [0.15, 0.2) is 24.3 Å². The van der Waals surface area contributed by atoms with E-state index in [1.807, 2.05) is 49.5 Å². The molecular weight excluding hydrogens is 378 g/mol. The van der Waals surface area contributed by atoms with Gasteiger partial charge in [0.2, 0.25) is 0 Å². The number of nitrogens with one attached hydrogen (secondary N) is 1. The van der Waals surface area contributed by atoms with E-state index in [0.29, 0.717) is 10.1 Å². The van der Waals surface area contributed by atoms with E-state index in [1.165, 1.54) is 23.5 Å². The van der Waals surface area contributed by atoms with Gasteiger partial charge in [-0.05, 0) is 61.3 Å². The molecule has 0 aromatic heterocycles. The van der Waals surface area contributed by atoms with Gasteiger partial charge in [0.1, 0.15) is 0 Å². The molecular formula is C21H31NO3S2. The third kappa shape index (κ3) is 7.78. The highest BCUT2D eigenvalue weighted by Crippen LogP contribution is 2.43. The van der Waals surface area contributed by atoms with Crippen LogP contribution in [-0.4, -0.2) is 35.5 Å². The summed E-state index contributed by atoms with van der Waals surface area (Å²) in [4.78, 5) is 24.4. The molecule has 1 amide bonds. The first kappa shape index (κ1) is 22.2.